The van der Waals surface area contributed by atoms with E-state index in [1.165, 1.54) is 0 Å². The summed E-state index contributed by atoms with van der Waals surface area (Å²) in [5.41, 5.74) is 4.83. The molecule has 0 saturated carbocycles. The van der Waals surface area contributed by atoms with Gasteiger partial charge in [0.05, 0.1) is 25.9 Å². The molecule has 6 rings (SSSR count). The molecule has 1 saturated heterocycles. The first kappa shape index (κ1) is 19.7. The fraction of sp³-hybridized carbons (Fsp3) is 0.296. The fourth-order valence-electron chi connectivity index (χ4n) is 5.40. The minimum atomic E-state index is 0.0618. The number of ether oxygens (including phenoxy) is 2. The number of nitrogens with zero attached hydrogens (tertiary/aromatic N) is 2. The van der Waals surface area contributed by atoms with Crippen LogP contribution in [0.1, 0.15) is 34.5 Å². The van der Waals surface area contributed by atoms with Crippen LogP contribution in [0.5, 0.6) is 5.75 Å². The van der Waals surface area contributed by atoms with Gasteiger partial charge in [0.1, 0.15) is 12.5 Å². The summed E-state index contributed by atoms with van der Waals surface area (Å²) in [6.07, 6.45) is 0. The van der Waals surface area contributed by atoms with Gasteiger partial charge < -0.3 is 9.47 Å². The van der Waals surface area contributed by atoms with Crippen LogP contribution in [-0.2, 0) is 4.74 Å². The molecule has 162 valence electrons. The predicted octanol–water partition coefficient (Wildman–Crippen LogP) is 4.49. The molecule has 1 aliphatic carbocycles. The molecule has 1 atom stereocenters. The molecule has 2 aliphatic heterocycles. The molecule has 0 radical (unpaired) electrons. The molecule has 3 aliphatic rings. The summed E-state index contributed by atoms with van der Waals surface area (Å²) in [6.45, 7) is 6.80. The number of rotatable bonds is 4. The van der Waals surface area contributed by atoms with Gasteiger partial charge in [-0.25, -0.2) is 4.90 Å². The summed E-state index contributed by atoms with van der Waals surface area (Å²) in [4.78, 5) is 18.7. The molecule has 5 heteroatoms. The maximum atomic E-state index is 14.0. The highest BCUT2D eigenvalue weighted by Crippen LogP contribution is 2.50. The Morgan fingerprint density at radius 2 is 1.78 bits per heavy atom. The van der Waals surface area contributed by atoms with Crippen LogP contribution in [0.3, 0.4) is 0 Å². The molecule has 5 nitrogen and oxygen atoms in total. The van der Waals surface area contributed by atoms with Crippen LogP contribution < -0.4 is 4.74 Å². The number of hydrogen-bond acceptors (Lipinski definition) is 5. The number of morpholine rings is 1. The van der Waals surface area contributed by atoms with E-state index < -0.39 is 0 Å². The fourth-order valence-corrected chi connectivity index (χ4v) is 5.40. The number of carbonyl (C=O) groups excluding carboxylic acids is 1. The molecular weight excluding hydrogens is 400 g/mol. The summed E-state index contributed by atoms with van der Waals surface area (Å²) in [7, 11) is 0. The minimum Gasteiger partial charge on any atom is -0.478 e. The van der Waals surface area contributed by atoms with E-state index in [1.807, 2.05) is 42.5 Å². The molecule has 0 aromatic heterocycles. The molecular formula is C27H26N2O3. The molecule has 1 fully saturated rings. The Kier molecular flexibility index (Phi) is 4.83. The van der Waals surface area contributed by atoms with Crippen LogP contribution >= 0.6 is 0 Å². The highest BCUT2D eigenvalue weighted by Gasteiger charge is 2.41. The molecule has 2 heterocycles. The average molecular weight is 427 g/mol. The third-order valence-corrected chi connectivity index (χ3v) is 6.91. The molecule has 0 N–H and O–H groups in total. The zero-order valence-electron chi connectivity index (χ0n) is 18.2. The second kappa shape index (κ2) is 7.85. The van der Waals surface area contributed by atoms with Crippen LogP contribution in [0.25, 0.3) is 16.3 Å². The van der Waals surface area contributed by atoms with Crippen LogP contribution in [0, 0.1) is 0 Å². The standard InChI is InChI=1S/C27H26N2O3/c1-18-24(27(30)21-9-4-7-19-6-2-3-8-20(19)21)22-10-5-11-23-25(22)26(18)29(17-32-23)16-28-12-14-31-15-13-28/h2-11,26H,12-17H2,1H3. The Morgan fingerprint density at radius 3 is 2.66 bits per heavy atom. The quantitative estimate of drug-likeness (QED) is 0.575. The number of benzene rings is 3. The number of carbonyl (C=O) groups is 1. The van der Waals surface area contributed by atoms with Gasteiger partial charge in [-0.15, -0.1) is 0 Å². The van der Waals surface area contributed by atoms with Crippen molar-refractivity contribution in [3.63, 3.8) is 0 Å². The van der Waals surface area contributed by atoms with Gasteiger partial charge in [0.2, 0.25) is 0 Å². The van der Waals surface area contributed by atoms with Gasteiger partial charge in [-0.05, 0) is 34.9 Å². The first-order chi connectivity index (χ1) is 15.7. The Hall–Kier alpha value is -2.99. The lowest BCUT2D eigenvalue weighted by molar-refractivity contribution is -0.0244. The van der Waals surface area contributed by atoms with Crippen molar-refractivity contribution < 1.29 is 14.3 Å². The third kappa shape index (κ3) is 3.08. The van der Waals surface area contributed by atoms with E-state index in [2.05, 4.69) is 34.9 Å². The van der Waals surface area contributed by atoms with Crippen LogP contribution in [0.4, 0.5) is 0 Å². The van der Waals surface area contributed by atoms with Crippen molar-refractivity contribution in [2.24, 2.45) is 0 Å². The Bertz CT molecular complexity index is 1240. The lowest BCUT2D eigenvalue weighted by atomic mass is 9.93. The van der Waals surface area contributed by atoms with Crippen molar-refractivity contribution in [2.45, 2.75) is 13.0 Å². The van der Waals surface area contributed by atoms with Crippen LogP contribution in [0.2, 0.25) is 0 Å². The third-order valence-electron chi connectivity index (χ3n) is 6.91. The second-order valence-electron chi connectivity index (χ2n) is 8.77. The monoisotopic (exact) mass is 426 g/mol. The normalized spacial score (nSPS) is 21.0. The zero-order chi connectivity index (χ0) is 21.7. The molecule has 3 aromatic carbocycles. The van der Waals surface area contributed by atoms with Gasteiger partial charge in [-0.1, -0.05) is 54.6 Å². The van der Waals surface area contributed by atoms with E-state index in [9.17, 15) is 4.79 Å². The minimum absolute atomic E-state index is 0.0618. The number of allylic oxidation sites excluding steroid dienone is 1. The van der Waals surface area contributed by atoms with Crippen LogP contribution in [0.15, 0.2) is 66.2 Å². The van der Waals surface area contributed by atoms with E-state index >= 15 is 0 Å². The molecule has 0 amide bonds. The van der Waals surface area contributed by atoms with Gasteiger partial charge >= 0.3 is 0 Å². The van der Waals surface area contributed by atoms with Gasteiger partial charge in [0.25, 0.3) is 0 Å². The summed E-state index contributed by atoms with van der Waals surface area (Å²) in [5, 5.41) is 2.08. The molecule has 32 heavy (non-hydrogen) atoms. The van der Waals surface area contributed by atoms with E-state index in [4.69, 9.17) is 9.47 Å². The second-order valence-corrected chi connectivity index (χ2v) is 8.77. The van der Waals surface area contributed by atoms with Crippen molar-refractivity contribution in [2.75, 3.05) is 39.7 Å². The van der Waals surface area contributed by atoms with Gasteiger partial charge in [-0.3, -0.25) is 9.69 Å². The Labute approximate surface area is 187 Å². The maximum absolute atomic E-state index is 14.0. The largest absolute Gasteiger partial charge is 0.478 e. The molecule has 3 aromatic rings. The van der Waals surface area contributed by atoms with E-state index in [0.29, 0.717) is 6.73 Å². The average Bonchev–Trinajstić information content (AvgIpc) is 3.14. The first-order valence-electron chi connectivity index (χ1n) is 11.3. The highest BCUT2D eigenvalue weighted by atomic mass is 16.5. The molecule has 0 spiro atoms. The first-order valence-corrected chi connectivity index (χ1v) is 11.3. The van der Waals surface area contributed by atoms with Gasteiger partial charge in [-0.2, -0.15) is 0 Å². The number of Topliss-reactive ketones (excluding diaryl/α,β-unsaturated/α-hetero) is 1. The topological polar surface area (TPSA) is 42.0 Å². The zero-order valence-corrected chi connectivity index (χ0v) is 18.2. The van der Waals surface area contributed by atoms with E-state index in [0.717, 1.165) is 77.3 Å². The molecule has 0 bridgehead atoms. The maximum Gasteiger partial charge on any atom is 0.194 e. The number of ketones is 1. The Balaban J connectivity index is 1.44. The van der Waals surface area contributed by atoms with Gasteiger partial charge in [0, 0.05) is 29.8 Å². The van der Waals surface area contributed by atoms with Gasteiger partial charge in [0.15, 0.2) is 5.78 Å². The molecule has 1 unspecified atom stereocenters. The summed E-state index contributed by atoms with van der Waals surface area (Å²) < 4.78 is 11.7. The van der Waals surface area contributed by atoms with Crippen molar-refractivity contribution in [1.82, 2.24) is 9.80 Å². The van der Waals surface area contributed by atoms with Crippen molar-refractivity contribution in [3.8, 4) is 5.75 Å². The number of fused-ring (bicyclic) bond motifs is 1. The summed E-state index contributed by atoms with van der Waals surface area (Å²) in [6, 6.07) is 20.2. The SMILES string of the molecule is CC1=C(C(=O)c2cccc3ccccc23)c2cccc3c2C1N(CN1CCOCC1)CO3. The van der Waals surface area contributed by atoms with Crippen molar-refractivity contribution >= 4 is 22.1 Å². The smallest absolute Gasteiger partial charge is 0.194 e. The highest BCUT2D eigenvalue weighted by molar-refractivity contribution is 6.34. The summed E-state index contributed by atoms with van der Waals surface area (Å²) >= 11 is 0. The van der Waals surface area contributed by atoms with Crippen molar-refractivity contribution in [3.05, 3.63) is 82.9 Å². The van der Waals surface area contributed by atoms with Crippen LogP contribution in [-0.4, -0.2) is 55.3 Å². The predicted molar refractivity (Wildman–Crippen MR) is 125 cm³/mol. The van der Waals surface area contributed by atoms with Crippen molar-refractivity contribution in [1.29, 1.82) is 0 Å². The van der Waals surface area contributed by atoms with E-state index in [-0.39, 0.29) is 11.8 Å². The Morgan fingerprint density at radius 1 is 1.00 bits per heavy atom. The lowest BCUT2D eigenvalue weighted by Gasteiger charge is -2.39. The summed E-state index contributed by atoms with van der Waals surface area (Å²) in [5.74, 6) is 0.985. The lowest BCUT2D eigenvalue weighted by Crippen LogP contribution is -2.47. The van der Waals surface area contributed by atoms with E-state index in [1.54, 1.807) is 0 Å². The number of hydrogen-bond donors (Lipinski definition) is 0.